The first-order valence-electron chi connectivity index (χ1n) is 8.94. The van der Waals surface area contributed by atoms with E-state index >= 15 is 0 Å². The van der Waals surface area contributed by atoms with Crippen LogP contribution in [-0.4, -0.2) is 39.1 Å². The zero-order valence-corrected chi connectivity index (χ0v) is 17.0. The van der Waals surface area contributed by atoms with E-state index in [1.165, 1.54) is 18.2 Å². The molecule has 0 aromatic heterocycles. The second-order valence-electron chi connectivity index (χ2n) is 6.64. The Kier molecular flexibility index (Phi) is 6.40. The fourth-order valence-corrected chi connectivity index (χ4v) is 3.23. The maximum absolute atomic E-state index is 13.6. The Morgan fingerprint density at radius 2 is 1.24 bits per heavy atom. The zero-order chi connectivity index (χ0) is 24.4. The van der Waals surface area contributed by atoms with E-state index in [1.54, 1.807) is 0 Å². The van der Waals surface area contributed by atoms with Gasteiger partial charge in [-0.2, -0.15) is 0 Å². The summed E-state index contributed by atoms with van der Waals surface area (Å²) in [4.78, 5) is 47.3. The van der Waals surface area contributed by atoms with Gasteiger partial charge >= 0.3 is 17.9 Å². The van der Waals surface area contributed by atoms with Crippen molar-refractivity contribution < 1.29 is 43.3 Å². The van der Waals surface area contributed by atoms with Crippen LogP contribution in [0.4, 0.5) is 14.5 Å². The van der Waals surface area contributed by atoms with Crippen molar-refractivity contribution >= 4 is 41.1 Å². The Labute approximate surface area is 188 Å². The van der Waals surface area contributed by atoms with E-state index in [-0.39, 0.29) is 22.4 Å². The van der Waals surface area contributed by atoms with Crippen LogP contribution in [0.3, 0.4) is 0 Å². The minimum atomic E-state index is -1.58. The monoisotopic (exact) mass is 475 g/mol. The van der Waals surface area contributed by atoms with Crippen molar-refractivity contribution in [3.05, 3.63) is 87.4 Å². The Bertz CT molecular complexity index is 1340. The van der Waals surface area contributed by atoms with Gasteiger partial charge in [0.1, 0.15) is 0 Å². The first-order chi connectivity index (χ1) is 15.5. The molecule has 0 bridgehead atoms. The lowest BCUT2D eigenvalue weighted by atomic mass is 10.0. The second-order valence-corrected chi connectivity index (χ2v) is 7.04. The van der Waals surface area contributed by atoms with Gasteiger partial charge in [0.25, 0.3) is 5.91 Å². The number of hydrogen-bond donors (Lipinski definition) is 4. The fraction of sp³-hybridized carbons (Fsp3) is 0. The molecule has 0 fully saturated rings. The number of nitrogens with one attached hydrogen (secondary N) is 1. The molecule has 0 aliphatic heterocycles. The van der Waals surface area contributed by atoms with Crippen LogP contribution in [0, 0.1) is 11.6 Å². The molecule has 3 aromatic carbocycles. The van der Waals surface area contributed by atoms with E-state index in [0.29, 0.717) is 0 Å². The molecule has 0 radical (unpaired) electrons. The van der Waals surface area contributed by atoms with Crippen LogP contribution in [0.1, 0.15) is 41.4 Å². The van der Waals surface area contributed by atoms with Gasteiger partial charge in [0, 0.05) is 0 Å². The Hall–Kier alpha value is -4.31. The predicted molar refractivity (Wildman–Crippen MR) is 112 cm³/mol. The quantitative estimate of drug-likeness (QED) is 0.407. The van der Waals surface area contributed by atoms with Gasteiger partial charge in [0.15, 0.2) is 11.6 Å². The molecule has 33 heavy (non-hydrogen) atoms. The molecule has 0 unspecified atom stereocenters. The van der Waals surface area contributed by atoms with Crippen molar-refractivity contribution in [1.82, 2.24) is 0 Å². The van der Waals surface area contributed by atoms with Gasteiger partial charge in [-0.3, -0.25) is 4.79 Å². The number of benzene rings is 3. The maximum Gasteiger partial charge on any atom is 0.337 e. The molecule has 0 spiro atoms. The van der Waals surface area contributed by atoms with Crippen molar-refractivity contribution in [2.45, 2.75) is 0 Å². The number of rotatable bonds is 6. The third-order valence-electron chi connectivity index (χ3n) is 4.56. The molecule has 3 rings (SSSR count). The van der Waals surface area contributed by atoms with E-state index in [2.05, 4.69) is 5.32 Å². The van der Waals surface area contributed by atoms with Gasteiger partial charge in [0.05, 0.1) is 33.0 Å². The van der Waals surface area contributed by atoms with Crippen molar-refractivity contribution in [2.75, 3.05) is 5.32 Å². The SMILES string of the molecule is O=C(O)c1cc(C(=O)Nc2cc(-c3ccc(F)c(F)c3)ccc2C(=O)O)c(C(=O)O)cc1Cl. The lowest BCUT2D eigenvalue weighted by Crippen LogP contribution is -2.19. The molecule has 1 amide bonds. The average molecular weight is 476 g/mol. The highest BCUT2D eigenvalue weighted by atomic mass is 35.5. The summed E-state index contributed by atoms with van der Waals surface area (Å²) in [5.74, 6) is -7.90. The molecule has 0 aliphatic rings. The highest BCUT2D eigenvalue weighted by Crippen LogP contribution is 2.29. The number of anilines is 1. The molecule has 0 saturated heterocycles. The largest absolute Gasteiger partial charge is 0.478 e. The van der Waals surface area contributed by atoms with Gasteiger partial charge in [-0.05, 0) is 47.5 Å². The lowest BCUT2D eigenvalue weighted by Gasteiger charge is -2.13. The number of carbonyl (C=O) groups excluding carboxylic acids is 1. The summed E-state index contributed by atoms with van der Waals surface area (Å²) >= 11 is 5.77. The smallest absolute Gasteiger partial charge is 0.337 e. The van der Waals surface area contributed by atoms with Crippen LogP contribution in [-0.2, 0) is 0 Å². The Morgan fingerprint density at radius 1 is 0.667 bits per heavy atom. The standard InChI is InChI=1S/C22H12ClF2NO7/c23-15-8-13(21(30)31)12(7-14(15)22(32)33)19(27)26-18-6-10(1-3-11(18)20(28)29)9-2-4-16(24)17(25)5-9/h1-8H,(H,26,27)(H,28,29)(H,30,31)(H,32,33). The number of carbonyl (C=O) groups is 4. The minimum Gasteiger partial charge on any atom is -0.478 e. The maximum atomic E-state index is 13.6. The molecule has 0 aliphatic carbocycles. The number of carboxylic acids is 3. The molecule has 0 heterocycles. The van der Waals surface area contributed by atoms with E-state index < -0.39 is 57.2 Å². The lowest BCUT2D eigenvalue weighted by molar-refractivity contribution is 0.0679. The third-order valence-corrected chi connectivity index (χ3v) is 4.88. The molecule has 0 atom stereocenters. The third kappa shape index (κ3) is 4.80. The summed E-state index contributed by atoms with van der Waals surface area (Å²) in [6.45, 7) is 0. The van der Waals surface area contributed by atoms with Gasteiger partial charge in [0.2, 0.25) is 0 Å². The molecular formula is C22H12ClF2NO7. The van der Waals surface area contributed by atoms with Crippen molar-refractivity contribution in [1.29, 1.82) is 0 Å². The summed E-state index contributed by atoms with van der Waals surface area (Å²) in [5, 5.41) is 29.8. The molecule has 4 N–H and O–H groups in total. The van der Waals surface area contributed by atoms with Crippen molar-refractivity contribution in [3.63, 3.8) is 0 Å². The fourth-order valence-electron chi connectivity index (χ4n) is 2.98. The van der Waals surface area contributed by atoms with Gasteiger partial charge < -0.3 is 20.6 Å². The highest BCUT2D eigenvalue weighted by molar-refractivity contribution is 6.34. The first-order valence-corrected chi connectivity index (χ1v) is 9.31. The number of amides is 1. The summed E-state index contributed by atoms with van der Waals surface area (Å²) < 4.78 is 26.8. The van der Waals surface area contributed by atoms with Crippen LogP contribution >= 0.6 is 11.6 Å². The van der Waals surface area contributed by atoms with Crippen LogP contribution in [0.15, 0.2) is 48.5 Å². The van der Waals surface area contributed by atoms with Crippen molar-refractivity contribution in [2.24, 2.45) is 0 Å². The van der Waals surface area contributed by atoms with Crippen LogP contribution in [0.5, 0.6) is 0 Å². The number of carboxylic acid groups (broad SMARTS) is 3. The van der Waals surface area contributed by atoms with Gasteiger partial charge in [-0.25, -0.2) is 23.2 Å². The van der Waals surface area contributed by atoms with E-state index in [1.807, 2.05) is 0 Å². The Balaban J connectivity index is 2.10. The van der Waals surface area contributed by atoms with E-state index in [0.717, 1.165) is 30.3 Å². The topological polar surface area (TPSA) is 141 Å². The molecule has 3 aromatic rings. The Morgan fingerprint density at radius 3 is 1.82 bits per heavy atom. The molecule has 168 valence electrons. The molecule has 11 heteroatoms. The predicted octanol–water partition coefficient (Wildman–Crippen LogP) is 4.63. The van der Waals surface area contributed by atoms with Gasteiger partial charge in [-0.1, -0.05) is 23.7 Å². The van der Waals surface area contributed by atoms with Crippen LogP contribution in [0.2, 0.25) is 5.02 Å². The summed E-state index contributed by atoms with van der Waals surface area (Å²) in [6.07, 6.45) is 0. The molecular weight excluding hydrogens is 464 g/mol. The average Bonchev–Trinajstić information content (AvgIpc) is 2.74. The molecule has 0 saturated carbocycles. The van der Waals surface area contributed by atoms with E-state index in [9.17, 15) is 43.3 Å². The van der Waals surface area contributed by atoms with Crippen molar-refractivity contribution in [3.8, 4) is 11.1 Å². The summed E-state index contributed by atoms with van der Waals surface area (Å²) in [7, 11) is 0. The first kappa shape index (κ1) is 23.4. The zero-order valence-electron chi connectivity index (χ0n) is 16.2. The van der Waals surface area contributed by atoms with E-state index in [4.69, 9.17) is 11.6 Å². The second kappa shape index (κ2) is 9.05. The van der Waals surface area contributed by atoms with Crippen LogP contribution in [0.25, 0.3) is 11.1 Å². The highest BCUT2D eigenvalue weighted by Gasteiger charge is 2.23. The number of hydrogen-bond acceptors (Lipinski definition) is 4. The minimum absolute atomic E-state index is 0.173. The van der Waals surface area contributed by atoms with Gasteiger partial charge in [-0.15, -0.1) is 0 Å². The summed E-state index contributed by atoms with van der Waals surface area (Å²) in [5.41, 5.74) is -2.03. The molecule has 8 nitrogen and oxygen atoms in total. The normalized spacial score (nSPS) is 10.5. The van der Waals surface area contributed by atoms with Crippen LogP contribution < -0.4 is 5.32 Å². The summed E-state index contributed by atoms with van der Waals surface area (Å²) in [6, 6.07) is 8.10. The number of aromatic carboxylic acids is 3. The number of halogens is 3.